The van der Waals surface area contributed by atoms with Crippen molar-refractivity contribution in [2.45, 2.75) is 51.0 Å². The number of nitrogens with zero attached hydrogens (tertiary/aromatic N) is 2. The van der Waals surface area contributed by atoms with Crippen LogP contribution < -0.4 is 0 Å². The highest BCUT2D eigenvalue weighted by Crippen LogP contribution is 2.27. The fourth-order valence-electron chi connectivity index (χ4n) is 3.29. The van der Waals surface area contributed by atoms with Gasteiger partial charge in [0.2, 0.25) is 23.6 Å². The Hall–Kier alpha value is -1.10. The molecular formula is C22H36N2O6S2. The van der Waals surface area contributed by atoms with E-state index in [2.05, 4.69) is 27.7 Å². The van der Waals surface area contributed by atoms with Gasteiger partial charge in [-0.3, -0.25) is 29.0 Å². The summed E-state index contributed by atoms with van der Waals surface area (Å²) < 4.78 is 11.0. The zero-order valence-corrected chi connectivity index (χ0v) is 21.2. The minimum Gasteiger partial charge on any atom is -0.377 e. The molecule has 182 valence electrons. The highest BCUT2D eigenvalue weighted by molar-refractivity contribution is 8.00. The van der Waals surface area contributed by atoms with E-state index in [1.54, 1.807) is 23.5 Å². The average Bonchev–Trinajstić information content (AvgIpc) is 3.15. The van der Waals surface area contributed by atoms with E-state index < -0.39 is 0 Å². The van der Waals surface area contributed by atoms with Crippen LogP contribution in [0.1, 0.15) is 40.5 Å². The van der Waals surface area contributed by atoms with E-state index in [0.29, 0.717) is 25.0 Å². The quantitative estimate of drug-likeness (QED) is 0.255. The Balaban J connectivity index is 1.55. The number of carbonyl (C=O) groups is 4. The standard InChI is InChI=1S/C22H36N2O6S2/c1-15(2)13-31-17-11-19(25)23(21(17)27)5-7-29-9-10-30-8-6-24-20(26)12-18(22(24)28)32-14-16(3)4/h15-18H,5-14H2,1-4H3/t17-,18-/m0/s1. The molecule has 2 aliphatic rings. The van der Waals surface area contributed by atoms with Crippen LogP contribution in [0.3, 0.4) is 0 Å². The van der Waals surface area contributed by atoms with E-state index in [1.165, 1.54) is 9.80 Å². The van der Waals surface area contributed by atoms with Gasteiger partial charge in [0, 0.05) is 12.8 Å². The van der Waals surface area contributed by atoms with Gasteiger partial charge in [0.15, 0.2) is 0 Å². The molecule has 0 aromatic carbocycles. The molecule has 4 amide bonds. The van der Waals surface area contributed by atoms with Crippen LogP contribution in [0.4, 0.5) is 0 Å². The molecule has 2 atom stereocenters. The number of carbonyl (C=O) groups excluding carboxylic acids is 4. The van der Waals surface area contributed by atoms with Crippen molar-refractivity contribution in [3.8, 4) is 0 Å². The van der Waals surface area contributed by atoms with Gasteiger partial charge in [-0.1, -0.05) is 27.7 Å². The summed E-state index contributed by atoms with van der Waals surface area (Å²) in [6.45, 7) is 10.0. The van der Waals surface area contributed by atoms with Gasteiger partial charge in [0.25, 0.3) is 0 Å². The molecule has 2 heterocycles. The topological polar surface area (TPSA) is 93.2 Å². The van der Waals surface area contributed by atoms with Crippen molar-refractivity contribution in [1.82, 2.24) is 9.80 Å². The minimum atomic E-state index is -0.271. The summed E-state index contributed by atoms with van der Waals surface area (Å²) in [6.07, 6.45) is 0.536. The van der Waals surface area contributed by atoms with Crippen LogP contribution in [0, 0.1) is 11.8 Å². The van der Waals surface area contributed by atoms with E-state index in [9.17, 15) is 19.2 Å². The SMILES string of the molecule is CC(C)CS[C@H]1CC(=O)N(CCOCCOCCN2C(=O)C[C@H](SCC(C)C)C2=O)C1=O. The van der Waals surface area contributed by atoms with Crippen molar-refractivity contribution in [2.75, 3.05) is 51.0 Å². The zero-order valence-electron chi connectivity index (χ0n) is 19.5. The molecule has 32 heavy (non-hydrogen) atoms. The Morgan fingerprint density at radius 3 is 1.44 bits per heavy atom. The Bertz CT molecular complexity index is 617. The number of rotatable bonds is 15. The lowest BCUT2D eigenvalue weighted by Crippen LogP contribution is -2.35. The first kappa shape index (κ1) is 27.1. The van der Waals surface area contributed by atoms with Gasteiger partial charge in [-0.05, 0) is 23.3 Å². The molecule has 0 aliphatic carbocycles. The molecule has 0 aromatic heterocycles. The largest absolute Gasteiger partial charge is 0.377 e. The lowest BCUT2D eigenvalue weighted by Gasteiger charge is -2.16. The molecule has 10 heteroatoms. The van der Waals surface area contributed by atoms with E-state index in [1.807, 2.05) is 0 Å². The van der Waals surface area contributed by atoms with Crippen LogP contribution in [-0.2, 0) is 28.7 Å². The molecule has 2 saturated heterocycles. The van der Waals surface area contributed by atoms with Crippen LogP contribution in [0.15, 0.2) is 0 Å². The summed E-state index contributed by atoms with van der Waals surface area (Å²) in [6, 6.07) is 0. The predicted molar refractivity (Wildman–Crippen MR) is 126 cm³/mol. The minimum absolute atomic E-state index is 0.120. The maximum atomic E-state index is 12.4. The number of imide groups is 2. The molecule has 0 bridgehead atoms. The zero-order chi connectivity index (χ0) is 23.7. The van der Waals surface area contributed by atoms with Crippen molar-refractivity contribution in [1.29, 1.82) is 0 Å². The van der Waals surface area contributed by atoms with Crippen LogP contribution in [0.5, 0.6) is 0 Å². The molecule has 0 radical (unpaired) electrons. The van der Waals surface area contributed by atoms with Crippen molar-refractivity contribution in [2.24, 2.45) is 11.8 Å². The summed E-state index contributed by atoms with van der Waals surface area (Å²) in [7, 11) is 0. The average molecular weight is 489 g/mol. The number of hydrogen-bond acceptors (Lipinski definition) is 8. The lowest BCUT2D eigenvalue weighted by molar-refractivity contribution is -0.141. The van der Waals surface area contributed by atoms with E-state index in [4.69, 9.17) is 9.47 Å². The number of ether oxygens (including phenoxy) is 2. The Labute approximate surface area is 199 Å². The number of hydrogen-bond donors (Lipinski definition) is 0. The smallest absolute Gasteiger partial charge is 0.242 e. The first-order chi connectivity index (χ1) is 15.2. The predicted octanol–water partition coefficient (Wildman–Crippen LogP) is 2.05. The maximum absolute atomic E-state index is 12.4. The molecule has 2 aliphatic heterocycles. The van der Waals surface area contributed by atoms with Crippen LogP contribution in [0.2, 0.25) is 0 Å². The second-order valence-electron chi connectivity index (χ2n) is 8.83. The maximum Gasteiger partial charge on any atom is 0.242 e. The Morgan fingerprint density at radius 2 is 1.09 bits per heavy atom. The van der Waals surface area contributed by atoms with Crippen molar-refractivity contribution < 1.29 is 28.7 Å². The molecule has 8 nitrogen and oxygen atoms in total. The lowest BCUT2D eigenvalue weighted by atomic mass is 10.3. The summed E-state index contributed by atoms with van der Waals surface area (Å²) >= 11 is 3.10. The number of likely N-dealkylation sites (tertiary alicyclic amines) is 2. The van der Waals surface area contributed by atoms with Crippen molar-refractivity contribution in [3.05, 3.63) is 0 Å². The highest BCUT2D eigenvalue weighted by atomic mass is 32.2. The molecule has 0 aromatic rings. The third kappa shape index (κ3) is 8.35. The van der Waals surface area contributed by atoms with Crippen LogP contribution in [-0.4, -0.2) is 95.0 Å². The van der Waals surface area contributed by atoms with Crippen molar-refractivity contribution in [3.63, 3.8) is 0 Å². The normalized spacial score (nSPS) is 21.8. The fraction of sp³-hybridized carbons (Fsp3) is 0.818. The van der Waals surface area contributed by atoms with Gasteiger partial charge in [-0.25, -0.2) is 0 Å². The van der Waals surface area contributed by atoms with Crippen LogP contribution >= 0.6 is 23.5 Å². The van der Waals surface area contributed by atoms with Gasteiger partial charge >= 0.3 is 0 Å². The number of amides is 4. The highest BCUT2D eigenvalue weighted by Gasteiger charge is 2.39. The summed E-state index contributed by atoms with van der Waals surface area (Å²) in [5.74, 6) is 2.16. The summed E-state index contributed by atoms with van der Waals surface area (Å²) in [5, 5.41) is -0.541. The Morgan fingerprint density at radius 1 is 0.719 bits per heavy atom. The second kappa shape index (κ2) is 13.6. The van der Waals surface area contributed by atoms with Gasteiger partial charge in [-0.2, -0.15) is 0 Å². The summed E-state index contributed by atoms with van der Waals surface area (Å²) in [4.78, 5) is 51.4. The van der Waals surface area contributed by atoms with Gasteiger partial charge in [-0.15, -0.1) is 23.5 Å². The first-order valence-corrected chi connectivity index (χ1v) is 13.4. The third-order valence-electron chi connectivity index (χ3n) is 4.96. The number of thioether (sulfide) groups is 2. The molecule has 0 saturated carbocycles. The fourth-order valence-corrected chi connectivity index (χ4v) is 5.58. The van der Waals surface area contributed by atoms with Crippen LogP contribution in [0.25, 0.3) is 0 Å². The molecule has 0 unspecified atom stereocenters. The second-order valence-corrected chi connectivity index (χ2v) is 11.3. The third-order valence-corrected chi connectivity index (χ3v) is 8.22. The Kier molecular flexibility index (Phi) is 11.5. The van der Waals surface area contributed by atoms with Crippen molar-refractivity contribution >= 4 is 47.2 Å². The molecule has 2 rings (SSSR count). The van der Waals surface area contributed by atoms with Gasteiger partial charge in [0.05, 0.1) is 50.0 Å². The first-order valence-electron chi connectivity index (χ1n) is 11.3. The summed E-state index contributed by atoms with van der Waals surface area (Å²) in [5.41, 5.74) is 0. The monoisotopic (exact) mass is 488 g/mol. The molecule has 0 spiro atoms. The van der Waals surface area contributed by atoms with E-state index in [0.717, 1.165) is 11.5 Å². The molecule has 0 N–H and O–H groups in total. The van der Waals surface area contributed by atoms with E-state index in [-0.39, 0.29) is 73.3 Å². The van der Waals surface area contributed by atoms with E-state index >= 15 is 0 Å². The van der Waals surface area contributed by atoms with Gasteiger partial charge < -0.3 is 9.47 Å². The molecular weight excluding hydrogens is 452 g/mol. The van der Waals surface area contributed by atoms with Gasteiger partial charge in [0.1, 0.15) is 0 Å². The molecule has 2 fully saturated rings.